The second-order valence-corrected chi connectivity index (χ2v) is 6.39. The molecule has 3 aromatic rings. The van der Waals surface area contributed by atoms with E-state index in [1.54, 1.807) is 30.3 Å². The van der Waals surface area contributed by atoms with Gasteiger partial charge in [-0.05, 0) is 43.3 Å². The zero-order chi connectivity index (χ0) is 22.6. The molecule has 1 heterocycles. The smallest absolute Gasteiger partial charge is 0.437 e. The quantitative estimate of drug-likeness (QED) is 0.597. The lowest BCUT2D eigenvalue weighted by Gasteiger charge is -2.14. The van der Waals surface area contributed by atoms with Gasteiger partial charge in [-0.2, -0.15) is 17.9 Å². The van der Waals surface area contributed by atoms with E-state index in [0.717, 1.165) is 28.9 Å². The first-order valence-electron chi connectivity index (χ1n) is 8.94. The van der Waals surface area contributed by atoms with Gasteiger partial charge in [-0.15, -0.1) is 5.10 Å². The average molecular weight is 435 g/mol. The number of rotatable bonds is 6. The van der Waals surface area contributed by atoms with Crippen LogP contribution in [0.4, 0.5) is 18.9 Å². The molecule has 3 rings (SSSR count). The van der Waals surface area contributed by atoms with E-state index in [4.69, 9.17) is 9.15 Å². The Hall–Kier alpha value is -3.89. The zero-order valence-corrected chi connectivity index (χ0v) is 16.1. The summed E-state index contributed by atoms with van der Waals surface area (Å²) in [6, 6.07) is 12.3. The van der Waals surface area contributed by atoms with Crippen molar-refractivity contribution in [2.45, 2.75) is 25.7 Å². The Bertz CT molecular complexity index is 1120. The summed E-state index contributed by atoms with van der Waals surface area (Å²) < 4.78 is 48.4. The maximum atomic E-state index is 12.6. The molecule has 0 saturated carbocycles. The van der Waals surface area contributed by atoms with Crippen molar-refractivity contribution in [1.29, 1.82) is 0 Å². The van der Waals surface area contributed by atoms with Gasteiger partial charge in [0.2, 0.25) is 5.89 Å². The van der Waals surface area contributed by atoms with Gasteiger partial charge in [-0.1, -0.05) is 18.2 Å². The van der Waals surface area contributed by atoms with Crippen LogP contribution in [-0.4, -0.2) is 27.8 Å². The van der Waals surface area contributed by atoms with Crippen molar-refractivity contribution in [1.82, 2.24) is 9.78 Å². The summed E-state index contributed by atoms with van der Waals surface area (Å²) >= 11 is 0. The van der Waals surface area contributed by atoms with Crippen molar-refractivity contribution in [2.75, 3.05) is 5.32 Å². The van der Waals surface area contributed by atoms with Gasteiger partial charge in [0, 0.05) is 11.3 Å². The number of amides is 1. The third kappa shape index (κ3) is 5.59. The first-order chi connectivity index (χ1) is 14.6. The number of benzene rings is 2. The van der Waals surface area contributed by atoms with Crippen LogP contribution in [0.2, 0.25) is 0 Å². The summed E-state index contributed by atoms with van der Waals surface area (Å²) in [5.74, 6) is -2.54. The minimum Gasteiger partial charge on any atom is -0.451 e. The number of hydrogen-bond acceptors (Lipinski definition) is 6. The van der Waals surface area contributed by atoms with Gasteiger partial charge >= 0.3 is 17.9 Å². The van der Waals surface area contributed by atoms with Gasteiger partial charge in [0.25, 0.3) is 5.91 Å². The Morgan fingerprint density at radius 1 is 1.13 bits per heavy atom. The normalized spacial score (nSPS) is 12.3. The van der Waals surface area contributed by atoms with Crippen LogP contribution in [0.1, 0.15) is 12.5 Å². The first kappa shape index (κ1) is 21.8. The molecule has 0 bridgehead atoms. The first-order valence-corrected chi connectivity index (χ1v) is 8.94. The Morgan fingerprint density at radius 2 is 1.77 bits per heavy atom. The molecule has 0 saturated heterocycles. The number of aromatic nitrogens is 2. The summed E-state index contributed by atoms with van der Waals surface area (Å²) in [6.45, 7) is 0.686. The number of nitrogens with zero attached hydrogens (tertiary/aromatic N) is 2. The fourth-order valence-corrected chi connectivity index (χ4v) is 2.50. The van der Waals surface area contributed by atoms with Gasteiger partial charge in [0.1, 0.15) is 6.54 Å². The lowest BCUT2D eigenvalue weighted by molar-refractivity contribution is -0.154. The monoisotopic (exact) mass is 435 g/mol. The number of ether oxygens (including phenoxy) is 1. The van der Waals surface area contributed by atoms with E-state index in [1.807, 2.05) is 0 Å². The molecule has 0 fully saturated rings. The van der Waals surface area contributed by atoms with Crippen molar-refractivity contribution < 1.29 is 31.9 Å². The number of esters is 1. The second-order valence-electron chi connectivity index (χ2n) is 6.39. The highest BCUT2D eigenvalue weighted by Gasteiger charge is 2.30. The Morgan fingerprint density at radius 3 is 2.39 bits per heavy atom. The van der Waals surface area contributed by atoms with Crippen molar-refractivity contribution in [3.05, 3.63) is 70.7 Å². The lowest BCUT2D eigenvalue weighted by Crippen LogP contribution is -2.32. The Kier molecular flexibility index (Phi) is 6.23. The summed E-state index contributed by atoms with van der Waals surface area (Å²) in [7, 11) is 0. The highest BCUT2D eigenvalue weighted by atomic mass is 19.4. The van der Waals surface area contributed by atoms with Gasteiger partial charge in [0.15, 0.2) is 6.10 Å². The molecule has 0 unspecified atom stereocenters. The number of alkyl halides is 3. The van der Waals surface area contributed by atoms with E-state index >= 15 is 0 Å². The van der Waals surface area contributed by atoms with Crippen LogP contribution >= 0.6 is 0 Å². The fourth-order valence-electron chi connectivity index (χ4n) is 2.50. The third-order valence-corrected chi connectivity index (χ3v) is 4.06. The molecule has 11 heteroatoms. The van der Waals surface area contributed by atoms with Crippen LogP contribution < -0.4 is 11.1 Å². The minimum atomic E-state index is -4.50. The summed E-state index contributed by atoms with van der Waals surface area (Å²) in [5.41, 5.74) is -0.227. The summed E-state index contributed by atoms with van der Waals surface area (Å²) in [6.07, 6.45) is -5.77. The number of hydrogen-bond donors (Lipinski definition) is 1. The van der Waals surface area contributed by atoms with Gasteiger partial charge in [0.05, 0.1) is 5.56 Å². The van der Waals surface area contributed by atoms with Crippen LogP contribution in [0.25, 0.3) is 11.5 Å². The zero-order valence-electron chi connectivity index (χ0n) is 16.1. The molecule has 0 aliphatic carbocycles. The van der Waals surface area contributed by atoms with Gasteiger partial charge in [-0.3, -0.25) is 9.59 Å². The maximum Gasteiger partial charge on any atom is 0.437 e. The Balaban J connectivity index is 1.57. The number of halogens is 3. The van der Waals surface area contributed by atoms with Crippen LogP contribution in [0.15, 0.2) is 63.8 Å². The third-order valence-electron chi connectivity index (χ3n) is 4.06. The molecular weight excluding hydrogens is 419 g/mol. The van der Waals surface area contributed by atoms with Crippen LogP contribution in [0.3, 0.4) is 0 Å². The molecule has 1 atom stereocenters. The Labute approximate surface area is 173 Å². The molecule has 0 spiro atoms. The van der Waals surface area contributed by atoms with E-state index in [0.29, 0.717) is 5.56 Å². The van der Waals surface area contributed by atoms with E-state index in [1.165, 1.54) is 6.92 Å². The maximum absolute atomic E-state index is 12.6. The molecule has 1 amide bonds. The van der Waals surface area contributed by atoms with Crippen LogP contribution in [0.5, 0.6) is 0 Å². The highest BCUT2D eigenvalue weighted by molar-refractivity contribution is 5.95. The van der Waals surface area contributed by atoms with Crippen LogP contribution in [0, 0.1) is 0 Å². The minimum absolute atomic E-state index is 0.0199. The molecule has 31 heavy (non-hydrogen) atoms. The predicted octanol–water partition coefficient (Wildman–Crippen LogP) is 3.09. The van der Waals surface area contributed by atoms with E-state index in [-0.39, 0.29) is 11.6 Å². The molecule has 1 aromatic heterocycles. The molecule has 0 aliphatic rings. The van der Waals surface area contributed by atoms with Gasteiger partial charge in [-0.25, -0.2) is 4.79 Å². The summed E-state index contributed by atoms with van der Waals surface area (Å²) in [4.78, 5) is 36.1. The largest absolute Gasteiger partial charge is 0.451 e. The fraction of sp³-hybridized carbons (Fsp3) is 0.200. The predicted molar refractivity (Wildman–Crippen MR) is 102 cm³/mol. The molecule has 0 aliphatic heterocycles. The molecular formula is C20H16F3N3O5. The topological polar surface area (TPSA) is 103 Å². The standard InChI is InChI=1S/C20H16F3N3O5/c1-12(17(28)24-15-9-7-14(8-10-15)20(21,22)23)30-16(27)11-26-19(29)31-18(25-26)13-5-3-2-4-6-13/h2-10,12H,11H2,1H3,(H,24,28)/t12-/m0/s1. The van der Waals surface area contributed by atoms with E-state index in [2.05, 4.69) is 10.4 Å². The molecule has 1 N–H and O–H groups in total. The molecule has 8 nitrogen and oxygen atoms in total. The SMILES string of the molecule is C[C@H](OC(=O)Cn1nc(-c2ccccc2)oc1=O)C(=O)Nc1ccc(C(F)(F)F)cc1. The molecule has 162 valence electrons. The van der Waals surface area contributed by atoms with E-state index in [9.17, 15) is 27.6 Å². The van der Waals surface area contributed by atoms with Crippen molar-refractivity contribution in [3.8, 4) is 11.5 Å². The summed E-state index contributed by atoms with van der Waals surface area (Å²) in [5, 5.41) is 6.25. The number of anilines is 1. The van der Waals surface area contributed by atoms with Crippen molar-refractivity contribution >= 4 is 17.6 Å². The molecule has 2 aromatic carbocycles. The number of carbonyl (C=O) groups is 2. The lowest BCUT2D eigenvalue weighted by atomic mass is 10.2. The second kappa shape index (κ2) is 8.86. The van der Waals surface area contributed by atoms with E-state index < -0.39 is 42.0 Å². The average Bonchev–Trinajstić information content (AvgIpc) is 3.08. The van der Waals surface area contributed by atoms with Crippen LogP contribution in [-0.2, 0) is 27.0 Å². The molecule has 0 radical (unpaired) electrons. The van der Waals surface area contributed by atoms with Crippen molar-refractivity contribution in [3.63, 3.8) is 0 Å². The number of carbonyl (C=O) groups excluding carboxylic acids is 2. The van der Waals surface area contributed by atoms with Gasteiger partial charge < -0.3 is 14.5 Å². The highest BCUT2D eigenvalue weighted by Crippen LogP contribution is 2.29. The van der Waals surface area contributed by atoms with Crippen molar-refractivity contribution in [2.24, 2.45) is 0 Å². The number of nitrogens with one attached hydrogen (secondary N) is 1.